The molecule has 1 rings (SSSR count). The molecule has 120 valence electrons. The number of benzene rings is 1. The van der Waals surface area contributed by atoms with Crippen LogP contribution in [-0.4, -0.2) is 33.5 Å². The van der Waals surface area contributed by atoms with Crippen LogP contribution in [0.3, 0.4) is 0 Å². The minimum absolute atomic E-state index is 0.294. The summed E-state index contributed by atoms with van der Waals surface area (Å²) >= 11 is 0. The Kier molecular flexibility index (Phi) is 7.97. The normalized spacial score (nSPS) is 13.5. The van der Waals surface area contributed by atoms with Gasteiger partial charge in [0.05, 0.1) is 0 Å². The first-order valence-corrected chi connectivity index (χ1v) is 9.85. The van der Waals surface area contributed by atoms with Crippen molar-refractivity contribution in [1.29, 1.82) is 0 Å². The van der Waals surface area contributed by atoms with Crippen molar-refractivity contribution < 1.29 is 8.42 Å². The molecule has 0 heterocycles. The fourth-order valence-electron chi connectivity index (χ4n) is 2.43. The van der Waals surface area contributed by atoms with E-state index >= 15 is 0 Å². The summed E-state index contributed by atoms with van der Waals surface area (Å²) in [7, 11) is -2.85. The maximum Gasteiger partial charge on any atom is 0.147 e. The quantitative estimate of drug-likeness (QED) is 0.722. The number of rotatable bonds is 10. The Balaban J connectivity index is 2.48. The second-order valence-electron chi connectivity index (χ2n) is 6.38. The SMILES string of the molecule is CC(C)CNCC(CCCS(C)(=O)=O)Cc1ccccc1. The molecule has 0 saturated carbocycles. The molecule has 0 saturated heterocycles. The van der Waals surface area contributed by atoms with Gasteiger partial charge >= 0.3 is 0 Å². The van der Waals surface area contributed by atoms with Crippen LogP contribution in [-0.2, 0) is 16.3 Å². The summed E-state index contributed by atoms with van der Waals surface area (Å²) in [6.45, 7) is 6.36. The maximum absolute atomic E-state index is 11.3. The highest BCUT2D eigenvalue weighted by Gasteiger charge is 2.12. The molecule has 0 spiro atoms. The van der Waals surface area contributed by atoms with Crippen molar-refractivity contribution in [3.05, 3.63) is 35.9 Å². The molecule has 1 unspecified atom stereocenters. The predicted molar refractivity (Wildman–Crippen MR) is 90.3 cm³/mol. The maximum atomic E-state index is 11.3. The first-order chi connectivity index (χ1) is 9.87. The molecule has 0 aliphatic carbocycles. The highest BCUT2D eigenvalue weighted by Crippen LogP contribution is 2.14. The molecular weight excluding hydrogens is 282 g/mol. The van der Waals surface area contributed by atoms with E-state index in [0.717, 1.165) is 32.4 Å². The Morgan fingerprint density at radius 2 is 1.76 bits per heavy atom. The Morgan fingerprint density at radius 3 is 2.33 bits per heavy atom. The molecule has 21 heavy (non-hydrogen) atoms. The Morgan fingerprint density at radius 1 is 1.10 bits per heavy atom. The summed E-state index contributed by atoms with van der Waals surface area (Å²) in [5.41, 5.74) is 1.33. The summed E-state index contributed by atoms with van der Waals surface area (Å²) in [6, 6.07) is 10.4. The average molecular weight is 311 g/mol. The zero-order chi connectivity index (χ0) is 15.7. The molecule has 4 heteroatoms. The summed E-state index contributed by atoms with van der Waals surface area (Å²) in [5.74, 6) is 1.42. The first kappa shape index (κ1) is 18.2. The molecule has 1 aromatic rings. The minimum atomic E-state index is -2.85. The van der Waals surface area contributed by atoms with E-state index in [-0.39, 0.29) is 0 Å². The molecule has 0 bridgehead atoms. The van der Waals surface area contributed by atoms with Crippen molar-refractivity contribution in [3.8, 4) is 0 Å². The van der Waals surface area contributed by atoms with E-state index in [1.807, 2.05) is 6.07 Å². The van der Waals surface area contributed by atoms with Crippen LogP contribution in [0.2, 0.25) is 0 Å². The fourth-order valence-corrected chi connectivity index (χ4v) is 3.13. The number of hydrogen-bond donors (Lipinski definition) is 1. The van der Waals surface area contributed by atoms with E-state index in [1.54, 1.807) is 0 Å². The fraction of sp³-hybridized carbons (Fsp3) is 0.647. The number of sulfone groups is 1. The van der Waals surface area contributed by atoms with Gasteiger partial charge in [-0.1, -0.05) is 44.2 Å². The molecule has 1 aromatic carbocycles. The van der Waals surface area contributed by atoms with Crippen LogP contribution in [0.25, 0.3) is 0 Å². The lowest BCUT2D eigenvalue weighted by Gasteiger charge is -2.18. The number of nitrogens with one attached hydrogen (secondary N) is 1. The van der Waals surface area contributed by atoms with Gasteiger partial charge in [0.25, 0.3) is 0 Å². The smallest absolute Gasteiger partial charge is 0.147 e. The molecule has 1 N–H and O–H groups in total. The topological polar surface area (TPSA) is 46.2 Å². The molecule has 3 nitrogen and oxygen atoms in total. The van der Waals surface area contributed by atoms with Crippen LogP contribution < -0.4 is 5.32 Å². The summed E-state index contributed by atoms with van der Waals surface area (Å²) in [4.78, 5) is 0. The van der Waals surface area contributed by atoms with E-state index in [0.29, 0.717) is 17.6 Å². The third-order valence-corrected chi connectivity index (χ3v) is 4.51. The molecule has 0 aliphatic heterocycles. The van der Waals surface area contributed by atoms with Gasteiger partial charge in [0, 0.05) is 12.0 Å². The van der Waals surface area contributed by atoms with Crippen molar-refractivity contribution in [1.82, 2.24) is 5.32 Å². The monoisotopic (exact) mass is 311 g/mol. The first-order valence-electron chi connectivity index (χ1n) is 7.79. The van der Waals surface area contributed by atoms with Gasteiger partial charge in [0.1, 0.15) is 9.84 Å². The van der Waals surface area contributed by atoms with E-state index in [2.05, 4.69) is 43.4 Å². The second-order valence-corrected chi connectivity index (χ2v) is 8.64. The van der Waals surface area contributed by atoms with Gasteiger partial charge < -0.3 is 5.32 Å². The van der Waals surface area contributed by atoms with Crippen LogP contribution in [0.4, 0.5) is 0 Å². The molecule has 0 aliphatic rings. The van der Waals surface area contributed by atoms with Crippen LogP contribution >= 0.6 is 0 Å². The Hall–Kier alpha value is -0.870. The molecule has 0 radical (unpaired) electrons. The Bertz CT molecular complexity index is 483. The largest absolute Gasteiger partial charge is 0.316 e. The third kappa shape index (κ3) is 9.64. The lowest BCUT2D eigenvalue weighted by atomic mass is 9.95. The highest BCUT2D eigenvalue weighted by molar-refractivity contribution is 7.90. The van der Waals surface area contributed by atoms with Crippen molar-refractivity contribution in [2.45, 2.75) is 33.1 Å². The van der Waals surface area contributed by atoms with Gasteiger partial charge in [0.2, 0.25) is 0 Å². The average Bonchev–Trinajstić information content (AvgIpc) is 2.37. The lowest BCUT2D eigenvalue weighted by Crippen LogP contribution is -2.28. The van der Waals surface area contributed by atoms with Gasteiger partial charge in [-0.2, -0.15) is 0 Å². The van der Waals surface area contributed by atoms with Crippen LogP contribution in [0.15, 0.2) is 30.3 Å². The zero-order valence-electron chi connectivity index (χ0n) is 13.5. The van der Waals surface area contributed by atoms with Crippen LogP contribution in [0, 0.1) is 11.8 Å². The third-order valence-electron chi connectivity index (χ3n) is 3.48. The lowest BCUT2D eigenvalue weighted by molar-refractivity contribution is 0.421. The molecular formula is C17H29NO2S. The van der Waals surface area contributed by atoms with Crippen LogP contribution in [0.1, 0.15) is 32.3 Å². The van der Waals surface area contributed by atoms with E-state index in [4.69, 9.17) is 0 Å². The van der Waals surface area contributed by atoms with Crippen molar-refractivity contribution >= 4 is 9.84 Å². The van der Waals surface area contributed by atoms with Gasteiger partial charge in [0.15, 0.2) is 0 Å². The zero-order valence-corrected chi connectivity index (χ0v) is 14.3. The summed E-state index contributed by atoms with van der Waals surface area (Å²) in [5, 5.41) is 3.50. The number of hydrogen-bond acceptors (Lipinski definition) is 3. The second kappa shape index (κ2) is 9.21. The predicted octanol–water partition coefficient (Wildman–Crippen LogP) is 2.92. The summed E-state index contributed by atoms with van der Waals surface area (Å²) < 4.78 is 22.5. The van der Waals surface area contributed by atoms with E-state index in [9.17, 15) is 8.42 Å². The molecule has 0 amide bonds. The standard InChI is InChI=1S/C17H29NO2S/c1-15(2)13-18-14-17(10-7-11-21(3,19)20)12-16-8-5-4-6-9-16/h4-6,8-9,15,17-18H,7,10-14H2,1-3H3. The van der Waals surface area contributed by atoms with Crippen molar-refractivity contribution in [2.24, 2.45) is 11.8 Å². The van der Waals surface area contributed by atoms with Crippen molar-refractivity contribution in [2.75, 3.05) is 25.1 Å². The van der Waals surface area contributed by atoms with Gasteiger partial charge in [-0.15, -0.1) is 0 Å². The summed E-state index contributed by atoms with van der Waals surface area (Å²) in [6.07, 6.45) is 4.03. The molecule has 0 fully saturated rings. The molecule has 0 aromatic heterocycles. The minimum Gasteiger partial charge on any atom is -0.316 e. The Labute approximate surface area is 130 Å². The van der Waals surface area contributed by atoms with Crippen LogP contribution in [0.5, 0.6) is 0 Å². The van der Waals surface area contributed by atoms with Gasteiger partial charge in [-0.25, -0.2) is 8.42 Å². The van der Waals surface area contributed by atoms with Crippen molar-refractivity contribution in [3.63, 3.8) is 0 Å². The van der Waals surface area contributed by atoms with Gasteiger partial charge in [-0.05, 0) is 49.8 Å². The van der Waals surface area contributed by atoms with E-state index in [1.165, 1.54) is 11.8 Å². The van der Waals surface area contributed by atoms with Gasteiger partial charge in [-0.3, -0.25) is 0 Å². The van der Waals surface area contributed by atoms with E-state index < -0.39 is 9.84 Å². The molecule has 1 atom stereocenters. The highest BCUT2D eigenvalue weighted by atomic mass is 32.2.